The summed E-state index contributed by atoms with van der Waals surface area (Å²) < 4.78 is 10.2. The van der Waals surface area contributed by atoms with E-state index in [1.807, 2.05) is 0 Å². The van der Waals surface area contributed by atoms with Gasteiger partial charge in [-0.25, -0.2) is 4.79 Å². The summed E-state index contributed by atoms with van der Waals surface area (Å²) in [6.45, 7) is 0. The summed E-state index contributed by atoms with van der Waals surface area (Å²) in [5, 5.41) is 0.512. The first kappa shape index (κ1) is 13.8. The average Bonchev–Trinajstić information content (AvgIpc) is 2.86. The predicted octanol–water partition coefficient (Wildman–Crippen LogP) is 3.71. The maximum absolute atomic E-state index is 12.2. The molecule has 4 nitrogen and oxygen atoms in total. The molecule has 0 aliphatic carbocycles. The van der Waals surface area contributed by atoms with E-state index in [1.165, 1.54) is 19.2 Å². The lowest BCUT2D eigenvalue weighted by Gasteiger charge is -2.01. The molecule has 6 heteroatoms. The Morgan fingerprint density at radius 1 is 1.21 bits per heavy atom. The zero-order chi connectivity index (χ0) is 14.0. The largest absolute Gasteiger partial charge is 0.463 e. The highest BCUT2D eigenvalue weighted by Crippen LogP contribution is 2.24. The number of carbonyl (C=O) groups is 2. The molecule has 0 fully saturated rings. The lowest BCUT2D eigenvalue weighted by Crippen LogP contribution is -2.02. The van der Waals surface area contributed by atoms with Crippen molar-refractivity contribution in [1.29, 1.82) is 0 Å². The van der Waals surface area contributed by atoms with Crippen LogP contribution in [-0.4, -0.2) is 18.9 Å². The first-order valence-electron chi connectivity index (χ1n) is 5.21. The number of methoxy groups -OCH3 is 1. The number of carbonyl (C=O) groups excluding carboxylic acids is 2. The number of halogens is 2. The molecule has 0 bridgehead atoms. The van der Waals surface area contributed by atoms with Crippen LogP contribution in [0.5, 0.6) is 0 Å². The van der Waals surface area contributed by atoms with E-state index < -0.39 is 5.97 Å². The van der Waals surface area contributed by atoms with Gasteiger partial charge in [0.2, 0.25) is 11.5 Å². The maximum atomic E-state index is 12.2. The predicted molar refractivity (Wildman–Crippen MR) is 72.6 cm³/mol. The third-order valence-electron chi connectivity index (χ3n) is 2.39. The number of rotatable bonds is 3. The van der Waals surface area contributed by atoms with Gasteiger partial charge < -0.3 is 9.15 Å². The molecule has 0 aliphatic rings. The molecule has 0 spiro atoms. The van der Waals surface area contributed by atoms with Crippen molar-refractivity contribution in [2.24, 2.45) is 0 Å². The molecule has 2 rings (SSSR count). The normalized spacial score (nSPS) is 10.3. The van der Waals surface area contributed by atoms with Crippen LogP contribution in [-0.2, 0) is 4.74 Å². The Bertz CT molecular complexity index is 648. The zero-order valence-electron chi connectivity index (χ0n) is 9.78. The highest BCUT2D eigenvalue weighted by atomic mass is 79.9. The molecule has 0 saturated carbocycles. The van der Waals surface area contributed by atoms with Crippen LogP contribution in [0.2, 0.25) is 5.02 Å². The van der Waals surface area contributed by atoms with E-state index in [2.05, 4.69) is 20.7 Å². The third kappa shape index (κ3) is 2.88. The van der Waals surface area contributed by atoms with Crippen molar-refractivity contribution in [3.63, 3.8) is 0 Å². The summed E-state index contributed by atoms with van der Waals surface area (Å²) in [6, 6.07) is 7.61. The van der Waals surface area contributed by atoms with E-state index in [0.29, 0.717) is 15.1 Å². The standard InChI is InChI=1S/C13H8BrClO4/c1-18-13(17)11-5-4-10(19-11)12(16)8-3-2-7(15)6-9(8)14/h2-6H,1H3. The Labute approximate surface area is 122 Å². The van der Waals surface area contributed by atoms with Crippen molar-refractivity contribution in [3.8, 4) is 0 Å². The Balaban J connectivity index is 2.34. The Kier molecular flexibility index (Phi) is 4.07. The van der Waals surface area contributed by atoms with Crippen molar-refractivity contribution < 1.29 is 18.7 Å². The molecule has 2 aromatic rings. The van der Waals surface area contributed by atoms with Crippen molar-refractivity contribution in [1.82, 2.24) is 0 Å². The minimum absolute atomic E-state index is 0.0177. The van der Waals surface area contributed by atoms with Gasteiger partial charge in [-0.2, -0.15) is 0 Å². The second-order valence-corrected chi connectivity index (χ2v) is 4.90. The highest BCUT2D eigenvalue weighted by molar-refractivity contribution is 9.10. The van der Waals surface area contributed by atoms with E-state index in [1.54, 1.807) is 18.2 Å². The molecule has 0 saturated heterocycles. The monoisotopic (exact) mass is 342 g/mol. The number of furan rings is 1. The van der Waals surface area contributed by atoms with Crippen LogP contribution in [0.25, 0.3) is 0 Å². The van der Waals surface area contributed by atoms with Gasteiger partial charge in [0.05, 0.1) is 7.11 Å². The fourth-order valence-corrected chi connectivity index (χ4v) is 2.34. The van der Waals surface area contributed by atoms with Crippen LogP contribution in [0.3, 0.4) is 0 Å². The summed E-state index contributed by atoms with van der Waals surface area (Å²) in [5.74, 6) is -0.938. The molecule has 98 valence electrons. The molecule has 0 amide bonds. The SMILES string of the molecule is COC(=O)c1ccc(C(=O)c2ccc(Cl)cc2Br)o1. The van der Waals surface area contributed by atoms with E-state index in [0.717, 1.165) is 0 Å². The zero-order valence-corrected chi connectivity index (χ0v) is 12.1. The molecule has 0 N–H and O–H groups in total. The fourth-order valence-electron chi connectivity index (χ4n) is 1.48. The van der Waals surface area contributed by atoms with E-state index in [-0.39, 0.29) is 17.3 Å². The Hall–Kier alpha value is -1.59. The average molecular weight is 344 g/mol. The van der Waals surface area contributed by atoms with Crippen LogP contribution >= 0.6 is 27.5 Å². The van der Waals surface area contributed by atoms with Gasteiger partial charge in [-0.1, -0.05) is 11.6 Å². The number of ether oxygens (including phenoxy) is 1. The maximum Gasteiger partial charge on any atom is 0.373 e. The van der Waals surface area contributed by atoms with Crippen LogP contribution < -0.4 is 0 Å². The second kappa shape index (κ2) is 5.59. The van der Waals surface area contributed by atoms with Gasteiger partial charge in [-0.3, -0.25) is 4.79 Å². The molecule has 0 unspecified atom stereocenters. The van der Waals surface area contributed by atoms with Gasteiger partial charge in [0, 0.05) is 15.1 Å². The lowest BCUT2D eigenvalue weighted by molar-refractivity contribution is 0.0563. The van der Waals surface area contributed by atoms with Crippen molar-refractivity contribution in [2.75, 3.05) is 7.11 Å². The second-order valence-electron chi connectivity index (χ2n) is 3.61. The number of hydrogen-bond donors (Lipinski definition) is 0. The number of esters is 1. The van der Waals surface area contributed by atoms with Crippen LogP contribution in [0, 0.1) is 0 Å². The smallest absolute Gasteiger partial charge is 0.373 e. The topological polar surface area (TPSA) is 56.5 Å². The van der Waals surface area contributed by atoms with Gasteiger partial charge in [0.15, 0.2) is 5.76 Å². The van der Waals surface area contributed by atoms with Gasteiger partial charge in [0.25, 0.3) is 0 Å². The van der Waals surface area contributed by atoms with E-state index in [9.17, 15) is 9.59 Å². The molecule has 19 heavy (non-hydrogen) atoms. The quantitative estimate of drug-likeness (QED) is 0.629. The highest BCUT2D eigenvalue weighted by Gasteiger charge is 2.19. The van der Waals surface area contributed by atoms with Crippen molar-refractivity contribution >= 4 is 39.3 Å². The summed E-state index contributed by atoms with van der Waals surface area (Å²) in [5.41, 5.74) is 0.398. The number of hydrogen-bond acceptors (Lipinski definition) is 4. The number of benzene rings is 1. The molecule has 0 radical (unpaired) electrons. The molecular weight excluding hydrogens is 335 g/mol. The van der Waals surface area contributed by atoms with Gasteiger partial charge in [-0.05, 0) is 46.3 Å². The van der Waals surface area contributed by atoms with Gasteiger partial charge in [-0.15, -0.1) is 0 Å². The van der Waals surface area contributed by atoms with Crippen molar-refractivity contribution in [2.45, 2.75) is 0 Å². The summed E-state index contributed by atoms with van der Waals surface area (Å²) in [6.07, 6.45) is 0. The van der Waals surface area contributed by atoms with Crippen molar-refractivity contribution in [3.05, 3.63) is 56.9 Å². The summed E-state index contributed by atoms with van der Waals surface area (Å²) in [4.78, 5) is 23.4. The summed E-state index contributed by atoms with van der Waals surface area (Å²) >= 11 is 9.06. The van der Waals surface area contributed by atoms with Gasteiger partial charge >= 0.3 is 5.97 Å². The van der Waals surface area contributed by atoms with E-state index in [4.69, 9.17) is 16.0 Å². The molecule has 1 heterocycles. The molecule has 1 aromatic heterocycles. The third-order valence-corrected chi connectivity index (χ3v) is 3.28. The Morgan fingerprint density at radius 2 is 1.89 bits per heavy atom. The van der Waals surface area contributed by atoms with Gasteiger partial charge in [0.1, 0.15) is 0 Å². The van der Waals surface area contributed by atoms with Crippen LogP contribution in [0.1, 0.15) is 26.7 Å². The van der Waals surface area contributed by atoms with Crippen LogP contribution in [0.15, 0.2) is 39.2 Å². The van der Waals surface area contributed by atoms with E-state index >= 15 is 0 Å². The molecule has 0 atom stereocenters. The first-order valence-corrected chi connectivity index (χ1v) is 6.38. The summed E-state index contributed by atoms with van der Waals surface area (Å²) in [7, 11) is 1.24. The number of ketones is 1. The molecular formula is C13H8BrClO4. The molecule has 1 aromatic carbocycles. The Morgan fingerprint density at radius 3 is 2.53 bits per heavy atom. The fraction of sp³-hybridized carbons (Fsp3) is 0.0769. The minimum Gasteiger partial charge on any atom is -0.463 e. The molecule has 0 aliphatic heterocycles. The van der Waals surface area contributed by atoms with Crippen LogP contribution in [0.4, 0.5) is 0 Å². The minimum atomic E-state index is -0.630. The lowest BCUT2D eigenvalue weighted by atomic mass is 10.1. The first-order chi connectivity index (χ1) is 9.02.